The van der Waals surface area contributed by atoms with Gasteiger partial charge in [-0.25, -0.2) is 4.98 Å². The van der Waals surface area contributed by atoms with Crippen LogP contribution in [0.15, 0.2) is 33.9 Å². The summed E-state index contributed by atoms with van der Waals surface area (Å²) >= 11 is 1.34. The van der Waals surface area contributed by atoms with Crippen molar-refractivity contribution in [3.05, 3.63) is 24.3 Å². The molecule has 0 spiro atoms. The average Bonchev–Trinajstić information content (AvgIpc) is 2.95. The maximum Gasteiger partial charge on any atom is 0.257 e. The van der Waals surface area contributed by atoms with E-state index in [0.717, 1.165) is 37.0 Å². The van der Waals surface area contributed by atoms with Crippen molar-refractivity contribution in [2.24, 2.45) is 5.92 Å². The van der Waals surface area contributed by atoms with Gasteiger partial charge in [0, 0.05) is 13.1 Å². The van der Waals surface area contributed by atoms with Crippen LogP contribution in [0.2, 0.25) is 0 Å². The van der Waals surface area contributed by atoms with Crippen LogP contribution in [0.25, 0.3) is 11.1 Å². The first-order valence-corrected chi connectivity index (χ1v) is 8.56. The zero-order chi connectivity index (χ0) is 15.5. The number of aliphatic hydroxyl groups is 1. The average molecular weight is 320 g/mol. The minimum Gasteiger partial charge on any atom is -0.431 e. The Labute approximate surface area is 133 Å². The number of aliphatic hydroxyl groups excluding tert-OH is 1. The first-order chi connectivity index (χ1) is 10.6. The summed E-state index contributed by atoms with van der Waals surface area (Å²) in [5, 5.41) is 10.1. The molecule has 5 nitrogen and oxygen atoms in total. The maximum absolute atomic E-state index is 12.2. The highest BCUT2D eigenvalue weighted by Crippen LogP contribution is 2.25. The fraction of sp³-hybridized carbons (Fsp3) is 0.500. The number of hydrogen-bond donors (Lipinski definition) is 1. The summed E-state index contributed by atoms with van der Waals surface area (Å²) in [6.07, 6.45) is 1.46. The lowest BCUT2D eigenvalue weighted by molar-refractivity contribution is -0.130. The van der Waals surface area contributed by atoms with Gasteiger partial charge in [-0.1, -0.05) is 23.9 Å². The van der Waals surface area contributed by atoms with Crippen LogP contribution in [0.3, 0.4) is 0 Å². The maximum atomic E-state index is 12.2. The van der Waals surface area contributed by atoms with Gasteiger partial charge in [0.1, 0.15) is 5.52 Å². The lowest BCUT2D eigenvalue weighted by Gasteiger charge is -2.33. The number of carbonyl (C=O) groups is 1. The zero-order valence-corrected chi connectivity index (χ0v) is 13.4. The lowest BCUT2D eigenvalue weighted by Crippen LogP contribution is -2.41. The van der Waals surface area contributed by atoms with Gasteiger partial charge in [-0.05, 0) is 37.8 Å². The van der Waals surface area contributed by atoms with E-state index in [0.29, 0.717) is 16.9 Å². The summed E-state index contributed by atoms with van der Waals surface area (Å²) in [7, 11) is 0. The summed E-state index contributed by atoms with van der Waals surface area (Å²) < 4.78 is 5.60. The van der Waals surface area contributed by atoms with Crippen molar-refractivity contribution in [3.8, 4) is 0 Å². The van der Waals surface area contributed by atoms with E-state index in [-0.39, 0.29) is 12.0 Å². The van der Waals surface area contributed by atoms with E-state index in [1.165, 1.54) is 11.8 Å². The standard InChI is InChI=1S/C16H20N2O3S/c1-11(19)12-6-8-18(9-7-12)15(20)10-22-16-17-13-4-2-3-5-14(13)21-16/h2-5,11-12,19H,6-10H2,1H3. The summed E-state index contributed by atoms with van der Waals surface area (Å²) in [4.78, 5) is 18.5. The van der Waals surface area contributed by atoms with Gasteiger partial charge in [0.25, 0.3) is 5.22 Å². The quantitative estimate of drug-likeness (QED) is 0.877. The number of fused-ring (bicyclic) bond motifs is 1. The molecule has 1 unspecified atom stereocenters. The molecule has 2 heterocycles. The molecule has 1 fully saturated rings. The molecule has 1 N–H and O–H groups in total. The van der Waals surface area contributed by atoms with Crippen LogP contribution in [0, 0.1) is 5.92 Å². The molecule has 1 atom stereocenters. The molecule has 22 heavy (non-hydrogen) atoms. The number of piperidine rings is 1. The molecular formula is C16H20N2O3S. The highest BCUT2D eigenvalue weighted by atomic mass is 32.2. The number of oxazole rings is 1. The van der Waals surface area contributed by atoms with Crippen molar-refractivity contribution < 1.29 is 14.3 Å². The Morgan fingerprint density at radius 2 is 2.18 bits per heavy atom. The van der Waals surface area contributed by atoms with E-state index in [4.69, 9.17) is 4.42 Å². The molecule has 1 saturated heterocycles. The number of aromatic nitrogens is 1. The number of nitrogens with zero attached hydrogens (tertiary/aromatic N) is 2. The number of para-hydroxylation sites is 2. The third-order valence-corrected chi connectivity index (χ3v) is 4.98. The van der Waals surface area contributed by atoms with E-state index >= 15 is 0 Å². The predicted octanol–water partition coefficient (Wildman–Crippen LogP) is 2.54. The molecule has 0 radical (unpaired) electrons. The molecule has 1 amide bonds. The highest BCUT2D eigenvalue weighted by Gasteiger charge is 2.25. The highest BCUT2D eigenvalue weighted by molar-refractivity contribution is 7.99. The summed E-state index contributed by atoms with van der Waals surface area (Å²) in [6, 6.07) is 7.58. The smallest absolute Gasteiger partial charge is 0.257 e. The van der Waals surface area contributed by atoms with E-state index in [1.54, 1.807) is 0 Å². The molecular weight excluding hydrogens is 300 g/mol. The number of rotatable bonds is 4. The first kappa shape index (κ1) is 15.4. The molecule has 1 aliphatic rings. The van der Waals surface area contributed by atoms with Crippen LogP contribution in [-0.2, 0) is 4.79 Å². The van der Waals surface area contributed by atoms with Crippen LogP contribution in [0.4, 0.5) is 0 Å². The molecule has 1 aromatic heterocycles. The van der Waals surface area contributed by atoms with Crippen LogP contribution in [0.5, 0.6) is 0 Å². The Morgan fingerprint density at radius 3 is 2.86 bits per heavy atom. The predicted molar refractivity (Wildman–Crippen MR) is 85.7 cm³/mol. The van der Waals surface area contributed by atoms with Gasteiger partial charge in [-0.2, -0.15) is 0 Å². The SMILES string of the molecule is CC(O)C1CCN(C(=O)CSc2nc3ccccc3o2)CC1. The first-order valence-electron chi connectivity index (χ1n) is 7.57. The Bertz CT molecular complexity index is 615. The van der Waals surface area contributed by atoms with Gasteiger partial charge in [0.15, 0.2) is 5.58 Å². The van der Waals surface area contributed by atoms with Gasteiger partial charge in [-0.3, -0.25) is 4.79 Å². The van der Waals surface area contributed by atoms with E-state index < -0.39 is 0 Å². The van der Waals surface area contributed by atoms with E-state index in [1.807, 2.05) is 36.1 Å². The van der Waals surface area contributed by atoms with Gasteiger partial charge >= 0.3 is 0 Å². The normalized spacial score (nSPS) is 17.8. The molecule has 1 aromatic carbocycles. The van der Waals surface area contributed by atoms with Crippen LogP contribution < -0.4 is 0 Å². The monoisotopic (exact) mass is 320 g/mol. The van der Waals surface area contributed by atoms with E-state index in [9.17, 15) is 9.90 Å². The molecule has 0 bridgehead atoms. The second-order valence-corrected chi connectivity index (χ2v) is 6.62. The third kappa shape index (κ3) is 3.44. The summed E-state index contributed by atoms with van der Waals surface area (Å²) in [5.41, 5.74) is 1.56. The molecule has 2 aromatic rings. The Balaban J connectivity index is 1.52. The van der Waals surface area contributed by atoms with Crippen molar-refractivity contribution in [1.82, 2.24) is 9.88 Å². The molecule has 118 valence electrons. The molecule has 3 rings (SSSR count). The van der Waals surface area contributed by atoms with E-state index in [2.05, 4.69) is 4.98 Å². The minimum atomic E-state index is -0.286. The fourth-order valence-corrected chi connectivity index (χ4v) is 3.50. The zero-order valence-electron chi connectivity index (χ0n) is 12.6. The Hall–Kier alpha value is -1.53. The third-order valence-electron chi connectivity index (χ3n) is 4.17. The molecule has 0 aliphatic carbocycles. The topological polar surface area (TPSA) is 66.6 Å². The van der Waals surface area contributed by atoms with Crippen molar-refractivity contribution in [3.63, 3.8) is 0 Å². The Morgan fingerprint density at radius 1 is 1.45 bits per heavy atom. The van der Waals surface area contributed by atoms with Crippen molar-refractivity contribution in [2.45, 2.75) is 31.1 Å². The molecule has 1 aliphatic heterocycles. The number of amides is 1. The number of thioether (sulfide) groups is 1. The number of hydrogen-bond acceptors (Lipinski definition) is 5. The van der Waals surface area contributed by atoms with Gasteiger partial charge < -0.3 is 14.4 Å². The van der Waals surface area contributed by atoms with Crippen LogP contribution in [-0.4, -0.2) is 45.8 Å². The summed E-state index contributed by atoms with van der Waals surface area (Å²) in [5.74, 6) is 0.761. The lowest BCUT2D eigenvalue weighted by atomic mass is 9.92. The molecule has 6 heteroatoms. The van der Waals surface area contributed by atoms with Gasteiger partial charge in [-0.15, -0.1) is 0 Å². The van der Waals surface area contributed by atoms with Crippen molar-refractivity contribution >= 4 is 28.8 Å². The number of carbonyl (C=O) groups excluding carboxylic acids is 1. The van der Waals surface area contributed by atoms with Crippen molar-refractivity contribution in [1.29, 1.82) is 0 Å². The largest absolute Gasteiger partial charge is 0.431 e. The van der Waals surface area contributed by atoms with Crippen molar-refractivity contribution in [2.75, 3.05) is 18.8 Å². The van der Waals surface area contributed by atoms with Gasteiger partial charge in [0.2, 0.25) is 5.91 Å². The van der Waals surface area contributed by atoms with Gasteiger partial charge in [0.05, 0.1) is 11.9 Å². The second kappa shape index (κ2) is 6.71. The molecule has 0 saturated carbocycles. The second-order valence-electron chi connectivity index (χ2n) is 5.69. The minimum absolute atomic E-state index is 0.108. The summed E-state index contributed by atoms with van der Waals surface area (Å²) in [6.45, 7) is 3.27. The number of benzene rings is 1. The Kier molecular flexibility index (Phi) is 4.69. The number of likely N-dealkylation sites (tertiary alicyclic amines) is 1. The fourth-order valence-electron chi connectivity index (χ4n) is 2.76. The van der Waals surface area contributed by atoms with Crippen LogP contribution in [0.1, 0.15) is 19.8 Å². The van der Waals surface area contributed by atoms with Crippen LogP contribution >= 0.6 is 11.8 Å².